The van der Waals surface area contributed by atoms with E-state index in [0.717, 1.165) is 41.0 Å². The summed E-state index contributed by atoms with van der Waals surface area (Å²) in [5.74, 6) is 7.52. The molecule has 2 aromatic carbocycles. The van der Waals surface area contributed by atoms with Crippen LogP contribution in [-0.2, 0) is 17.6 Å². The van der Waals surface area contributed by atoms with E-state index in [0.29, 0.717) is 11.0 Å². The number of aromatic nitrogens is 3. The van der Waals surface area contributed by atoms with E-state index in [1.165, 1.54) is 16.4 Å². The van der Waals surface area contributed by atoms with Crippen molar-refractivity contribution in [2.24, 2.45) is 0 Å². The number of nitrogens with two attached hydrogens (primary N) is 1. The number of amides is 1. The van der Waals surface area contributed by atoms with Crippen LogP contribution < -0.4 is 15.9 Å². The fourth-order valence-electron chi connectivity index (χ4n) is 3.02. The number of rotatable bonds is 8. The lowest BCUT2D eigenvalue weighted by atomic mass is 10.0. The van der Waals surface area contributed by atoms with Crippen LogP contribution in [0.15, 0.2) is 47.6 Å². The normalized spacial score (nSPS) is 10.7. The van der Waals surface area contributed by atoms with Crippen LogP contribution >= 0.6 is 11.8 Å². The second-order valence-corrected chi connectivity index (χ2v) is 7.34. The van der Waals surface area contributed by atoms with Crippen molar-refractivity contribution < 1.29 is 9.53 Å². The molecule has 0 saturated carbocycles. The number of nitrogen functional groups attached to an aromatic ring is 1. The molecule has 1 heterocycles. The van der Waals surface area contributed by atoms with Gasteiger partial charge in [-0.05, 0) is 48.2 Å². The summed E-state index contributed by atoms with van der Waals surface area (Å²) in [4.78, 5) is 12.5. The van der Waals surface area contributed by atoms with E-state index >= 15 is 0 Å². The van der Waals surface area contributed by atoms with Crippen LogP contribution in [0.3, 0.4) is 0 Å². The van der Waals surface area contributed by atoms with Crippen molar-refractivity contribution in [3.05, 3.63) is 53.6 Å². The van der Waals surface area contributed by atoms with Crippen LogP contribution in [-0.4, -0.2) is 33.6 Å². The van der Waals surface area contributed by atoms with Crippen LogP contribution in [0.1, 0.15) is 25.0 Å². The van der Waals surface area contributed by atoms with Crippen molar-refractivity contribution in [2.75, 3.05) is 24.0 Å². The molecule has 0 fully saturated rings. The van der Waals surface area contributed by atoms with Gasteiger partial charge >= 0.3 is 0 Å². The van der Waals surface area contributed by atoms with Crippen molar-refractivity contribution >= 4 is 23.4 Å². The third-order valence-corrected chi connectivity index (χ3v) is 5.55. The Morgan fingerprint density at radius 2 is 1.76 bits per heavy atom. The molecule has 29 heavy (non-hydrogen) atoms. The van der Waals surface area contributed by atoms with E-state index in [-0.39, 0.29) is 11.7 Å². The Morgan fingerprint density at radius 1 is 1.10 bits per heavy atom. The smallest absolute Gasteiger partial charge is 0.234 e. The topological polar surface area (TPSA) is 95.1 Å². The second kappa shape index (κ2) is 9.47. The van der Waals surface area contributed by atoms with Gasteiger partial charge in [-0.3, -0.25) is 4.79 Å². The molecule has 0 aliphatic heterocycles. The zero-order chi connectivity index (χ0) is 20.8. The summed E-state index contributed by atoms with van der Waals surface area (Å²) in [7, 11) is 1.61. The Kier molecular flexibility index (Phi) is 6.77. The van der Waals surface area contributed by atoms with Crippen molar-refractivity contribution in [3.8, 4) is 17.1 Å². The summed E-state index contributed by atoms with van der Waals surface area (Å²) in [6.45, 7) is 4.16. The highest BCUT2D eigenvalue weighted by molar-refractivity contribution is 7.99. The summed E-state index contributed by atoms with van der Waals surface area (Å²) >= 11 is 1.25. The van der Waals surface area contributed by atoms with Gasteiger partial charge in [-0.2, -0.15) is 0 Å². The number of methoxy groups -OCH3 is 1. The molecular formula is C21H25N5O2S. The number of carbonyl (C=O) groups excluding carboxylic acids is 1. The van der Waals surface area contributed by atoms with Crippen molar-refractivity contribution in [1.29, 1.82) is 0 Å². The molecule has 0 aliphatic carbocycles. The molecule has 152 valence electrons. The first kappa shape index (κ1) is 20.7. The highest BCUT2D eigenvalue weighted by atomic mass is 32.2. The monoisotopic (exact) mass is 411 g/mol. The molecule has 7 nitrogen and oxygen atoms in total. The highest BCUT2D eigenvalue weighted by Crippen LogP contribution is 2.25. The number of anilines is 1. The summed E-state index contributed by atoms with van der Waals surface area (Å²) in [5.41, 5.74) is 4.00. The number of hydrogen-bond acceptors (Lipinski definition) is 6. The van der Waals surface area contributed by atoms with Gasteiger partial charge in [0, 0.05) is 11.3 Å². The first-order valence-electron chi connectivity index (χ1n) is 9.45. The van der Waals surface area contributed by atoms with Crippen LogP contribution in [0.2, 0.25) is 0 Å². The number of nitrogens with zero attached hydrogens (tertiary/aromatic N) is 3. The van der Waals surface area contributed by atoms with Gasteiger partial charge in [-0.1, -0.05) is 43.8 Å². The minimum absolute atomic E-state index is 0.0976. The second-order valence-electron chi connectivity index (χ2n) is 6.40. The fraction of sp³-hybridized carbons (Fsp3) is 0.286. The summed E-state index contributed by atoms with van der Waals surface area (Å²) < 4.78 is 6.56. The van der Waals surface area contributed by atoms with Gasteiger partial charge in [-0.25, -0.2) is 4.68 Å². The Morgan fingerprint density at radius 3 is 2.34 bits per heavy atom. The molecule has 8 heteroatoms. The third kappa shape index (κ3) is 4.71. The van der Waals surface area contributed by atoms with Crippen molar-refractivity contribution in [2.45, 2.75) is 31.8 Å². The average Bonchev–Trinajstić information content (AvgIpc) is 3.12. The lowest BCUT2D eigenvalue weighted by Crippen LogP contribution is -2.18. The number of hydrogen-bond donors (Lipinski definition) is 2. The minimum Gasteiger partial charge on any atom is -0.497 e. The Hall–Kier alpha value is -3.00. The van der Waals surface area contributed by atoms with E-state index in [2.05, 4.69) is 29.4 Å². The van der Waals surface area contributed by atoms with E-state index in [9.17, 15) is 4.79 Å². The predicted octanol–water partition coefficient (Wildman–Crippen LogP) is 3.52. The average molecular weight is 412 g/mol. The van der Waals surface area contributed by atoms with Gasteiger partial charge in [0.1, 0.15) is 5.75 Å². The van der Waals surface area contributed by atoms with Crippen molar-refractivity contribution in [1.82, 2.24) is 14.9 Å². The zero-order valence-corrected chi connectivity index (χ0v) is 17.6. The van der Waals surface area contributed by atoms with Crippen molar-refractivity contribution in [3.63, 3.8) is 0 Å². The largest absolute Gasteiger partial charge is 0.497 e. The van der Waals surface area contributed by atoms with E-state index < -0.39 is 0 Å². The number of benzene rings is 2. The van der Waals surface area contributed by atoms with Crippen LogP contribution in [0.5, 0.6) is 5.75 Å². The summed E-state index contributed by atoms with van der Waals surface area (Å²) in [6.07, 6.45) is 1.72. The highest BCUT2D eigenvalue weighted by Gasteiger charge is 2.15. The fourth-order valence-corrected chi connectivity index (χ4v) is 3.68. The molecule has 0 atom stereocenters. The summed E-state index contributed by atoms with van der Waals surface area (Å²) in [6, 6.07) is 13.5. The number of aryl methyl sites for hydroxylation is 2. The predicted molar refractivity (Wildman–Crippen MR) is 117 cm³/mol. The number of nitrogens with one attached hydrogen (secondary N) is 1. The molecule has 3 aromatic rings. The molecule has 0 aliphatic rings. The molecule has 1 aromatic heterocycles. The quantitative estimate of drug-likeness (QED) is 0.435. The maximum Gasteiger partial charge on any atom is 0.234 e. The number of ether oxygens (including phenoxy) is 1. The molecule has 0 unspecified atom stereocenters. The standard InChI is InChI=1S/C21H25N5O2S/c1-4-14-7-6-8-15(5-2)19(14)23-18(27)13-29-21-25-24-20(26(21)22)16-9-11-17(28-3)12-10-16/h6-12H,4-5,13,22H2,1-3H3,(H,23,27). The van der Waals surface area contributed by atoms with Gasteiger partial charge in [0.05, 0.1) is 12.9 Å². The van der Waals surface area contributed by atoms with Gasteiger partial charge in [0.2, 0.25) is 11.1 Å². The van der Waals surface area contributed by atoms with Gasteiger partial charge in [-0.15, -0.1) is 10.2 Å². The lowest BCUT2D eigenvalue weighted by Gasteiger charge is -2.14. The number of thioether (sulfide) groups is 1. The van der Waals surface area contributed by atoms with Gasteiger partial charge in [0.25, 0.3) is 0 Å². The molecular weight excluding hydrogens is 386 g/mol. The van der Waals surface area contributed by atoms with E-state index in [4.69, 9.17) is 10.6 Å². The molecule has 0 radical (unpaired) electrons. The van der Waals surface area contributed by atoms with Gasteiger partial charge in [0.15, 0.2) is 5.82 Å². The first-order valence-corrected chi connectivity index (χ1v) is 10.4. The molecule has 3 rings (SSSR count). The molecule has 1 amide bonds. The maximum absolute atomic E-state index is 12.5. The number of carbonyl (C=O) groups is 1. The SMILES string of the molecule is CCc1cccc(CC)c1NC(=O)CSc1nnc(-c2ccc(OC)cc2)n1N. The Bertz CT molecular complexity index is 963. The maximum atomic E-state index is 12.5. The molecule has 0 bridgehead atoms. The van der Waals surface area contributed by atoms with Crippen LogP contribution in [0, 0.1) is 0 Å². The zero-order valence-electron chi connectivity index (χ0n) is 16.8. The van der Waals surface area contributed by atoms with E-state index in [1.54, 1.807) is 7.11 Å². The van der Waals surface area contributed by atoms with Crippen LogP contribution in [0.4, 0.5) is 5.69 Å². The van der Waals surface area contributed by atoms with Gasteiger partial charge < -0.3 is 15.9 Å². The van der Waals surface area contributed by atoms with Crippen LogP contribution in [0.25, 0.3) is 11.4 Å². The lowest BCUT2D eigenvalue weighted by molar-refractivity contribution is -0.113. The molecule has 0 saturated heterocycles. The summed E-state index contributed by atoms with van der Waals surface area (Å²) in [5, 5.41) is 11.8. The first-order chi connectivity index (χ1) is 14.1. The minimum atomic E-state index is -0.0976. The molecule has 0 spiro atoms. The Labute approximate surface area is 174 Å². The Balaban J connectivity index is 1.68. The third-order valence-electron chi connectivity index (χ3n) is 4.61. The van der Waals surface area contributed by atoms with E-state index in [1.807, 2.05) is 42.5 Å². The number of para-hydroxylation sites is 1. The molecule has 3 N–H and O–H groups in total.